The molecule has 10 heteroatoms. The second kappa shape index (κ2) is 7.51. The quantitative estimate of drug-likeness (QED) is 0.763. The summed E-state index contributed by atoms with van der Waals surface area (Å²) in [6.07, 6.45) is 1.34. The van der Waals surface area contributed by atoms with Crippen molar-refractivity contribution in [3.8, 4) is 11.1 Å². The molecule has 1 aromatic heterocycles. The molecule has 1 aromatic carbocycles. The van der Waals surface area contributed by atoms with Gasteiger partial charge >= 0.3 is 0 Å². The Bertz CT molecular complexity index is 1110. The van der Waals surface area contributed by atoms with Crippen LogP contribution >= 0.6 is 0 Å². The second-order valence-electron chi connectivity index (χ2n) is 9.46. The highest BCUT2D eigenvalue weighted by Gasteiger charge is 2.54. The summed E-state index contributed by atoms with van der Waals surface area (Å²) in [6.45, 7) is 6.00. The second-order valence-corrected chi connectivity index (χ2v) is 9.46. The van der Waals surface area contributed by atoms with Gasteiger partial charge in [0, 0.05) is 44.1 Å². The number of anilines is 2. The van der Waals surface area contributed by atoms with Gasteiger partial charge in [0.25, 0.3) is 0 Å². The number of carbonyl (C=O) groups is 2. The zero-order valence-electron chi connectivity index (χ0n) is 18.7. The Kier molecular flexibility index (Phi) is 4.97. The molecule has 33 heavy (non-hydrogen) atoms. The van der Waals surface area contributed by atoms with Gasteiger partial charge in [0.15, 0.2) is 0 Å². The van der Waals surface area contributed by atoms with Crippen molar-refractivity contribution < 1.29 is 23.5 Å². The molecular formula is C23H26F2N5O3-. The van der Waals surface area contributed by atoms with E-state index in [9.17, 15) is 23.5 Å². The number of carbonyl (C=O) groups excluding carboxylic acids is 2. The van der Waals surface area contributed by atoms with E-state index in [2.05, 4.69) is 17.3 Å². The maximum atomic E-state index is 13.7. The Hall–Kier alpha value is -3.01. The molecule has 4 atom stereocenters. The van der Waals surface area contributed by atoms with Crippen LogP contribution < -0.4 is 20.2 Å². The normalized spacial score (nSPS) is 28.6. The first-order valence-electron chi connectivity index (χ1n) is 11.2. The van der Waals surface area contributed by atoms with Crippen LogP contribution in [0.1, 0.15) is 39.7 Å². The highest BCUT2D eigenvalue weighted by molar-refractivity contribution is 6.03. The number of aromatic nitrogens is 2. The molecule has 176 valence electrons. The van der Waals surface area contributed by atoms with E-state index in [1.54, 1.807) is 25.3 Å². The number of benzene rings is 1. The summed E-state index contributed by atoms with van der Waals surface area (Å²) >= 11 is 0. The van der Waals surface area contributed by atoms with Crippen molar-refractivity contribution in [3.63, 3.8) is 0 Å². The number of nitrogens with one attached hydrogen (secondary N) is 1. The Morgan fingerprint density at radius 3 is 2.42 bits per heavy atom. The van der Waals surface area contributed by atoms with Crippen molar-refractivity contribution >= 4 is 23.4 Å². The van der Waals surface area contributed by atoms with Gasteiger partial charge in [-0.25, -0.2) is 8.78 Å². The van der Waals surface area contributed by atoms with Crippen molar-refractivity contribution in [3.05, 3.63) is 30.6 Å². The Morgan fingerprint density at radius 2 is 1.88 bits per heavy atom. The van der Waals surface area contributed by atoms with Gasteiger partial charge in [-0.1, -0.05) is 6.07 Å². The zero-order chi connectivity index (χ0) is 23.7. The molecule has 3 aliphatic rings. The van der Waals surface area contributed by atoms with Gasteiger partial charge < -0.3 is 25.0 Å². The molecule has 8 nitrogen and oxygen atoms in total. The van der Waals surface area contributed by atoms with E-state index < -0.39 is 42.9 Å². The number of alkyl halides is 2. The molecule has 0 bridgehead atoms. The molecule has 0 spiro atoms. The minimum absolute atomic E-state index is 0.245. The molecule has 1 saturated carbocycles. The van der Waals surface area contributed by atoms with Gasteiger partial charge in [0.1, 0.15) is 6.09 Å². The van der Waals surface area contributed by atoms with Crippen molar-refractivity contribution in [2.24, 2.45) is 5.92 Å². The maximum Gasteiger partial charge on any atom is 0.248 e. The SMILES string of the molecule is CC(=O)N1c2ccc(-c3cnn(C4CN[C@H]4C)c3)cc2N(C(=O)[O-])C(C2CC(F)(F)C2)[C@@H]1C. The summed E-state index contributed by atoms with van der Waals surface area (Å²) in [4.78, 5) is 27.4. The van der Waals surface area contributed by atoms with E-state index in [0.29, 0.717) is 11.7 Å². The molecule has 2 unspecified atom stereocenters. The van der Waals surface area contributed by atoms with E-state index in [-0.39, 0.29) is 17.6 Å². The van der Waals surface area contributed by atoms with Crippen LogP contribution in [0.3, 0.4) is 0 Å². The first-order chi connectivity index (χ1) is 15.6. The summed E-state index contributed by atoms with van der Waals surface area (Å²) in [5, 5.41) is 20.0. The molecule has 2 aliphatic heterocycles. The van der Waals surface area contributed by atoms with Crippen LogP contribution in [0, 0.1) is 5.92 Å². The number of halogens is 2. The fourth-order valence-corrected chi connectivity index (χ4v) is 5.53. The van der Waals surface area contributed by atoms with Crippen LogP contribution in [-0.2, 0) is 4.79 Å². The van der Waals surface area contributed by atoms with Crippen LogP contribution in [0.25, 0.3) is 11.1 Å². The van der Waals surface area contributed by atoms with Crippen molar-refractivity contribution in [1.29, 1.82) is 0 Å². The molecular weight excluding hydrogens is 432 g/mol. The minimum Gasteiger partial charge on any atom is -0.530 e. The lowest BCUT2D eigenvalue weighted by atomic mass is 9.72. The fourth-order valence-electron chi connectivity index (χ4n) is 5.53. The van der Waals surface area contributed by atoms with Crippen LogP contribution in [0.2, 0.25) is 0 Å². The number of hydrogen-bond donors (Lipinski definition) is 1. The lowest BCUT2D eigenvalue weighted by molar-refractivity contribution is -0.248. The summed E-state index contributed by atoms with van der Waals surface area (Å²) < 4.78 is 29.3. The van der Waals surface area contributed by atoms with E-state index >= 15 is 0 Å². The van der Waals surface area contributed by atoms with Gasteiger partial charge in [0.05, 0.1) is 35.7 Å². The predicted octanol–water partition coefficient (Wildman–Crippen LogP) is 2.40. The van der Waals surface area contributed by atoms with Crippen molar-refractivity contribution in [2.75, 3.05) is 16.3 Å². The van der Waals surface area contributed by atoms with Crippen molar-refractivity contribution in [1.82, 2.24) is 15.1 Å². The topological polar surface area (TPSA) is 93.5 Å². The van der Waals surface area contributed by atoms with E-state index in [1.807, 2.05) is 16.9 Å². The van der Waals surface area contributed by atoms with Gasteiger partial charge in [-0.3, -0.25) is 9.48 Å². The molecule has 1 saturated heterocycles. The van der Waals surface area contributed by atoms with Crippen molar-refractivity contribution in [2.45, 2.75) is 63.7 Å². The van der Waals surface area contributed by atoms with Gasteiger partial charge in [0.2, 0.25) is 11.8 Å². The number of carboxylic acid groups (broad SMARTS) is 1. The third-order valence-electron chi connectivity index (χ3n) is 7.34. The van der Waals surface area contributed by atoms with Crippen LogP contribution in [-0.4, -0.2) is 52.4 Å². The first kappa shape index (κ1) is 21.8. The molecule has 1 aliphatic carbocycles. The number of rotatable bonds is 3. The number of fused-ring (bicyclic) bond motifs is 1. The standard InChI is InChI=1S/C23H27F2N5O3/c1-12-20(10-26-12)28-11-17(9-27-28)15-4-5-18-19(6-15)30(22(32)33)21(13(2)29(18)14(3)31)16-7-23(24,25)8-16/h4-6,9,11-13,16,20-21,26H,7-8,10H2,1-3H3,(H,32,33)/p-1/t12-,13-,20?,21?/m0/s1. The van der Waals surface area contributed by atoms with E-state index in [0.717, 1.165) is 22.6 Å². The molecule has 2 fully saturated rings. The van der Waals surface area contributed by atoms with Gasteiger partial charge in [-0.05, 0) is 37.5 Å². The first-order valence-corrected chi connectivity index (χ1v) is 11.2. The van der Waals surface area contributed by atoms with E-state index in [4.69, 9.17) is 0 Å². The average molecular weight is 458 g/mol. The molecule has 3 heterocycles. The molecule has 1 N–H and O–H groups in total. The smallest absolute Gasteiger partial charge is 0.248 e. The van der Waals surface area contributed by atoms with Gasteiger partial charge in [-0.2, -0.15) is 5.10 Å². The highest BCUT2D eigenvalue weighted by Crippen LogP contribution is 2.50. The predicted molar refractivity (Wildman–Crippen MR) is 116 cm³/mol. The fraction of sp³-hybridized carbons (Fsp3) is 0.522. The number of amides is 2. The maximum absolute atomic E-state index is 13.7. The zero-order valence-corrected chi connectivity index (χ0v) is 18.7. The summed E-state index contributed by atoms with van der Waals surface area (Å²) in [6, 6.07) is 4.34. The molecule has 2 aromatic rings. The molecule has 0 radical (unpaired) electrons. The Morgan fingerprint density at radius 1 is 1.15 bits per heavy atom. The summed E-state index contributed by atoms with van der Waals surface area (Å²) in [7, 11) is 0. The molecule has 5 rings (SSSR count). The third-order valence-corrected chi connectivity index (χ3v) is 7.34. The van der Waals surface area contributed by atoms with Crippen LogP contribution in [0.5, 0.6) is 0 Å². The Balaban J connectivity index is 1.56. The molecule has 2 amide bonds. The minimum atomic E-state index is -2.81. The van der Waals surface area contributed by atoms with Crippen LogP contribution in [0.4, 0.5) is 25.0 Å². The average Bonchev–Trinajstić information content (AvgIpc) is 3.18. The summed E-state index contributed by atoms with van der Waals surface area (Å²) in [5.74, 6) is -3.65. The Labute approximate surface area is 190 Å². The number of hydrogen-bond acceptors (Lipinski definition) is 5. The van der Waals surface area contributed by atoms with E-state index in [1.165, 1.54) is 11.8 Å². The third kappa shape index (κ3) is 3.47. The largest absolute Gasteiger partial charge is 0.530 e. The monoisotopic (exact) mass is 458 g/mol. The lowest BCUT2D eigenvalue weighted by Crippen LogP contribution is -2.65. The number of nitrogens with zero attached hydrogens (tertiary/aromatic N) is 4. The van der Waals surface area contributed by atoms with Gasteiger partial charge in [-0.15, -0.1) is 0 Å². The highest BCUT2D eigenvalue weighted by atomic mass is 19.3. The summed E-state index contributed by atoms with van der Waals surface area (Å²) in [5.41, 5.74) is 2.22. The van der Waals surface area contributed by atoms with Crippen LogP contribution in [0.15, 0.2) is 30.6 Å². The lowest BCUT2D eigenvalue weighted by Gasteiger charge is -2.54.